The number of carboxylic acid groups (broad SMARTS) is 1. The molecule has 5 heteroatoms. The van der Waals surface area contributed by atoms with Crippen molar-refractivity contribution in [3.8, 4) is 0 Å². The molecule has 0 bridgehead atoms. The summed E-state index contributed by atoms with van der Waals surface area (Å²) < 4.78 is 0. The lowest BCUT2D eigenvalue weighted by molar-refractivity contribution is 0.0689. The molecule has 1 aromatic heterocycles. The van der Waals surface area contributed by atoms with Gasteiger partial charge >= 0.3 is 5.97 Å². The maximum absolute atomic E-state index is 10.6. The number of carboxylic acids is 1. The molecule has 92 valence electrons. The number of carbonyl (C=O) groups is 1. The van der Waals surface area contributed by atoms with E-state index in [9.17, 15) is 4.79 Å². The van der Waals surface area contributed by atoms with Gasteiger partial charge in [-0.3, -0.25) is 0 Å². The van der Waals surface area contributed by atoms with E-state index in [1.54, 1.807) is 6.07 Å². The van der Waals surface area contributed by atoms with Gasteiger partial charge in [-0.25, -0.2) is 4.79 Å². The molecule has 17 heavy (non-hydrogen) atoms. The quantitative estimate of drug-likeness (QED) is 0.840. The summed E-state index contributed by atoms with van der Waals surface area (Å²) in [6, 6.07) is 3.15. The highest BCUT2D eigenvalue weighted by molar-refractivity contribution is 5.85. The maximum Gasteiger partial charge on any atom is 0.356 e. The molecule has 0 aromatic carbocycles. The molecule has 5 nitrogen and oxygen atoms in total. The van der Waals surface area contributed by atoms with Gasteiger partial charge in [-0.1, -0.05) is 19.3 Å². The van der Waals surface area contributed by atoms with Crippen molar-refractivity contribution in [1.82, 2.24) is 10.2 Å². The van der Waals surface area contributed by atoms with Gasteiger partial charge in [-0.2, -0.15) is 0 Å². The minimum absolute atomic E-state index is 0.0238. The largest absolute Gasteiger partial charge is 0.476 e. The van der Waals surface area contributed by atoms with Crippen LogP contribution in [0.4, 0.5) is 5.82 Å². The molecule has 1 aliphatic carbocycles. The number of nitrogens with zero attached hydrogens (tertiary/aromatic N) is 2. The molecule has 2 rings (SSSR count). The summed E-state index contributed by atoms with van der Waals surface area (Å²) in [4.78, 5) is 10.6. The van der Waals surface area contributed by atoms with Crippen molar-refractivity contribution >= 4 is 11.8 Å². The Labute approximate surface area is 100 Å². The van der Waals surface area contributed by atoms with Crippen LogP contribution in [0.5, 0.6) is 0 Å². The zero-order valence-electron chi connectivity index (χ0n) is 9.94. The smallest absolute Gasteiger partial charge is 0.356 e. The second-order valence-electron chi connectivity index (χ2n) is 4.86. The summed E-state index contributed by atoms with van der Waals surface area (Å²) >= 11 is 0. The second-order valence-corrected chi connectivity index (χ2v) is 4.86. The van der Waals surface area contributed by atoms with Crippen molar-refractivity contribution in [1.29, 1.82) is 0 Å². The maximum atomic E-state index is 10.6. The molecule has 0 unspecified atom stereocenters. The molecule has 0 radical (unpaired) electrons. The SMILES string of the molecule is CC1(Nc2ccc(C(=O)O)nn2)CCCCC1. The van der Waals surface area contributed by atoms with E-state index in [1.165, 1.54) is 25.3 Å². The normalized spacial score (nSPS) is 18.6. The van der Waals surface area contributed by atoms with E-state index in [1.807, 2.05) is 0 Å². The van der Waals surface area contributed by atoms with Crippen LogP contribution >= 0.6 is 0 Å². The molecule has 1 heterocycles. The van der Waals surface area contributed by atoms with Crippen LogP contribution in [0.1, 0.15) is 49.5 Å². The van der Waals surface area contributed by atoms with E-state index in [0.29, 0.717) is 5.82 Å². The number of hydrogen-bond acceptors (Lipinski definition) is 4. The fraction of sp³-hybridized carbons (Fsp3) is 0.583. The van der Waals surface area contributed by atoms with E-state index in [0.717, 1.165) is 12.8 Å². The van der Waals surface area contributed by atoms with Gasteiger partial charge in [0.1, 0.15) is 5.82 Å². The van der Waals surface area contributed by atoms with Crippen LogP contribution in [-0.2, 0) is 0 Å². The minimum atomic E-state index is -1.05. The van der Waals surface area contributed by atoms with Crippen LogP contribution in [0.3, 0.4) is 0 Å². The van der Waals surface area contributed by atoms with Crippen molar-refractivity contribution in [2.45, 2.75) is 44.6 Å². The predicted molar refractivity (Wildman–Crippen MR) is 64.1 cm³/mol. The molecule has 0 saturated heterocycles. The third kappa shape index (κ3) is 2.93. The molecule has 1 aliphatic rings. The lowest BCUT2D eigenvalue weighted by atomic mass is 9.83. The average Bonchev–Trinajstić information content (AvgIpc) is 2.30. The Kier molecular flexibility index (Phi) is 3.26. The predicted octanol–water partition coefficient (Wildman–Crippen LogP) is 2.31. The van der Waals surface area contributed by atoms with Crippen molar-refractivity contribution in [2.75, 3.05) is 5.32 Å². The van der Waals surface area contributed by atoms with E-state index >= 15 is 0 Å². The van der Waals surface area contributed by atoms with E-state index < -0.39 is 5.97 Å². The van der Waals surface area contributed by atoms with Gasteiger partial charge in [0.15, 0.2) is 5.69 Å². The van der Waals surface area contributed by atoms with Crippen LogP contribution in [0.2, 0.25) is 0 Å². The zero-order valence-corrected chi connectivity index (χ0v) is 9.94. The molecular formula is C12H17N3O2. The van der Waals surface area contributed by atoms with Crippen LogP contribution in [0, 0.1) is 0 Å². The number of hydrogen-bond donors (Lipinski definition) is 2. The number of rotatable bonds is 3. The Morgan fingerprint density at radius 2 is 2.00 bits per heavy atom. The van der Waals surface area contributed by atoms with E-state index in [2.05, 4.69) is 22.4 Å². The number of aromatic nitrogens is 2. The van der Waals surface area contributed by atoms with Gasteiger partial charge in [0.05, 0.1) is 0 Å². The summed E-state index contributed by atoms with van der Waals surface area (Å²) in [5, 5.41) is 19.6. The van der Waals surface area contributed by atoms with E-state index in [4.69, 9.17) is 5.11 Å². The number of anilines is 1. The summed E-state index contributed by atoms with van der Waals surface area (Å²) in [5.41, 5.74) is 0.0434. The summed E-state index contributed by atoms with van der Waals surface area (Å²) in [5.74, 6) is -0.396. The van der Waals surface area contributed by atoms with E-state index in [-0.39, 0.29) is 11.2 Å². The summed E-state index contributed by atoms with van der Waals surface area (Å²) in [6.07, 6.45) is 5.99. The highest BCUT2D eigenvalue weighted by atomic mass is 16.4. The zero-order chi connectivity index (χ0) is 12.3. The third-order valence-corrected chi connectivity index (χ3v) is 3.27. The average molecular weight is 235 g/mol. The second kappa shape index (κ2) is 4.69. The number of nitrogens with one attached hydrogen (secondary N) is 1. The van der Waals surface area contributed by atoms with Gasteiger partial charge in [-0.05, 0) is 31.9 Å². The Bertz CT molecular complexity index is 397. The molecule has 1 saturated carbocycles. The minimum Gasteiger partial charge on any atom is -0.476 e. The molecular weight excluding hydrogens is 218 g/mol. The summed E-state index contributed by atoms with van der Waals surface area (Å²) in [7, 11) is 0. The topological polar surface area (TPSA) is 75.1 Å². The van der Waals surface area contributed by atoms with Crippen LogP contribution in [0.25, 0.3) is 0 Å². The molecule has 0 aliphatic heterocycles. The van der Waals surface area contributed by atoms with Gasteiger partial charge in [0.25, 0.3) is 0 Å². The fourth-order valence-corrected chi connectivity index (χ4v) is 2.28. The van der Waals surface area contributed by atoms with Crippen LogP contribution < -0.4 is 5.32 Å². The molecule has 0 spiro atoms. The molecule has 0 amide bonds. The first-order valence-electron chi connectivity index (χ1n) is 5.94. The van der Waals surface area contributed by atoms with Crippen LogP contribution in [0.15, 0.2) is 12.1 Å². The number of aromatic carboxylic acids is 1. The van der Waals surface area contributed by atoms with Crippen molar-refractivity contribution < 1.29 is 9.90 Å². The van der Waals surface area contributed by atoms with Gasteiger partial charge in [0.2, 0.25) is 0 Å². The molecule has 1 fully saturated rings. The standard InChI is InChI=1S/C12H17N3O2/c1-12(7-3-2-4-8-12)13-10-6-5-9(11(16)17)14-15-10/h5-6H,2-4,7-8H2,1H3,(H,13,15)(H,16,17). The van der Waals surface area contributed by atoms with Gasteiger partial charge < -0.3 is 10.4 Å². The highest BCUT2D eigenvalue weighted by Crippen LogP contribution is 2.30. The van der Waals surface area contributed by atoms with Crippen LogP contribution in [-0.4, -0.2) is 26.8 Å². The van der Waals surface area contributed by atoms with Gasteiger partial charge in [0, 0.05) is 5.54 Å². The Morgan fingerprint density at radius 3 is 2.53 bits per heavy atom. The Hall–Kier alpha value is -1.65. The lowest BCUT2D eigenvalue weighted by Gasteiger charge is -2.34. The third-order valence-electron chi connectivity index (χ3n) is 3.27. The highest BCUT2D eigenvalue weighted by Gasteiger charge is 2.26. The Balaban J connectivity index is 2.05. The first-order chi connectivity index (χ1) is 8.09. The van der Waals surface area contributed by atoms with Crippen molar-refractivity contribution in [2.24, 2.45) is 0 Å². The van der Waals surface area contributed by atoms with Crippen molar-refractivity contribution in [3.63, 3.8) is 0 Å². The van der Waals surface area contributed by atoms with Crippen molar-refractivity contribution in [3.05, 3.63) is 17.8 Å². The fourth-order valence-electron chi connectivity index (χ4n) is 2.28. The molecule has 1 aromatic rings. The molecule has 2 N–H and O–H groups in total. The van der Waals surface area contributed by atoms with Gasteiger partial charge in [-0.15, -0.1) is 10.2 Å². The monoisotopic (exact) mass is 235 g/mol. The summed E-state index contributed by atoms with van der Waals surface area (Å²) in [6.45, 7) is 2.18. The lowest BCUT2D eigenvalue weighted by Crippen LogP contribution is -2.37. The first-order valence-corrected chi connectivity index (χ1v) is 5.94. The molecule has 0 atom stereocenters. The first kappa shape index (κ1) is 11.8. The Morgan fingerprint density at radius 1 is 1.29 bits per heavy atom.